The van der Waals surface area contributed by atoms with E-state index in [-0.39, 0.29) is 0 Å². The maximum absolute atomic E-state index is 4.67. The molecule has 0 atom stereocenters. The molecule has 1 aliphatic rings. The molecule has 0 radical (unpaired) electrons. The van der Waals surface area contributed by atoms with Crippen LogP contribution in [0.15, 0.2) is 41.0 Å². The van der Waals surface area contributed by atoms with Crippen molar-refractivity contribution in [2.45, 2.75) is 42.9 Å². The minimum absolute atomic E-state index is 0.558. The first kappa shape index (κ1) is 18.0. The van der Waals surface area contributed by atoms with Crippen LogP contribution in [0.4, 0.5) is 0 Å². The van der Waals surface area contributed by atoms with E-state index in [2.05, 4.69) is 65.4 Å². The van der Waals surface area contributed by atoms with Crippen molar-refractivity contribution in [1.82, 2.24) is 14.9 Å². The van der Waals surface area contributed by atoms with Gasteiger partial charge in [0.25, 0.3) is 0 Å². The third kappa shape index (κ3) is 3.66. The average molecular weight is 384 g/mol. The number of rotatable bonds is 4. The number of nitrogens with zero attached hydrogens (tertiary/aromatic N) is 3. The predicted octanol–water partition coefficient (Wildman–Crippen LogP) is 5.67. The average Bonchev–Trinajstić information content (AvgIpc) is 3.09. The van der Waals surface area contributed by atoms with Crippen molar-refractivity contribution in [3.8, 4) is 11.1 Å². The van der Waals surface area contributed by atoms with Crippen molar-refractivity contribution < 1.29 is 0 Å². The van der Waals surface area contributed by atoms with Gasteiger partial charge in [-0.2, -0.15) is 0 Å². The Kier molecular flexibility index (Phi) is 5.30. The van der Waals surface area contributed by atoms with E-state index in [1.807, 2.05) is 11.8 Å². The van der Waals surface area contributed by atoms with Crippen LogP contribution in [0.3, 0.4) is 0 Å². The van der Waals surface area contributed by atoms with Gasteiger partial charge < -0.3 is 4.90 Å². The second-order valence-corrected chi connectivity index (χ2v) is 9.55. The van der Waals surface area contributed by atoms with E-state index in [9.17, 15) is 0 Å². The molecule has 3 aromatic rings. The highest BCUT2D eigenvalue weighted by molar-refractivity contribution is 8.00. The first-order chi connectivity index (χ1) is 12.6. The van der Waals surface area contributed by atoms with Crippen molar-refractivity contribution in [1.29, 1.82) is 0 Å². The standard InChI is InChI=1S/C21H25N3S2/c1-14(2)15-4-6-16(7-5-15)18-12-25-20-19(18)21(23-13-22-20)26-17-8-10-24(3)11-9-17/h4-7,12-14,17H,8-11H2,1-3H3. The Morgan fingerprint density at radius 1 is 1.12 bits per heavy atom. The fraction of sp³-hybridized carbons (Fsp3) is 0.429. The van der Waals surface area contributed by atoms with Crippen LogP contribution in [0.2, 0.25) is 0 Å². The largest absolute Gasteiger partial charge is 0.306 e. The number of likely N-dealkylation sites (tertiary alicyclic amines) is 1. The fourth-order valence-electron chi connectivity index (χ4n) is 3.46. The fourth-order valence-corrected chi connectivity index (χ4v) is 5.63. The van der Waals surface area contributed by atoms with Gasteiger partial charge >= 0.3 is 0 Å². The molecule has 0 saturated carbocycles. The lowest BCUT2D eigenvalue weighted by molar-refractivity contribution is 0.282. The summed E-state index contributed by atoms with van der Waals surface area (Å²) in [5, 5.41) is 5.27. The van der Waals surface area contributed by atoms with E-state index in [0.29, 0.717) is 11.2 Å². The van der Waals surface area contributed by atoms with Gasteiger partial charge in [-0.05, 0) is 50.0 Å². The third-order valence-corrected chi connectivity index (χ3v) is 7.39. The van der Waals surface area contributed by atoms with Crippen molar-refractivity contribution in [3.05, 3.63) is 41.5 Å². The van der Waals surface area contributed by atoms with Crippen LogP contribution in [-0.2, 0) is 0 Å². The molecule has 5 heteroatoms. The summed E-state index contributed by atoms with van der Waals surface area (Å²) in [6.45, 7) is 6.83. The lowest BCUT2D eigenvalue weighted by atomic mass is 9.99. The van der Waals surface area contributed by atoms with Gasteiger partial charge in [0.2, 0.25) is 0 Å². The molecule has 0 N–H and O–H groups in total. The molecule has 0 bridgehead atoms. The normalized spacial score (nSPS) is 16.6. The molecule has 2 aromatic heterocycles. The molecule has 1 aromatic carbocycles. The minimum Gasteiger partial charge on any atom is -0.306 e. The molecule has 3 nitrogen and oxygen atoms in total. The molecule has 0 spiro atoms. The van der Waals surface area contributed by atoms with E-state index >= 15 is 0 Å². The highest BCUT2D eigenvalue weighted by atomic mass is 32.2. The molecule has 1 aliphatic heterocycles. The summed E-state index contributed by atoms with van der Waals surface area (Å²) < 4.78 is 0. The molecule has 136 valence electrons. The maximum atomic E-state index is 4.67. The summed E-state index contributed by atoms with van der Waals surface area (Å²) in [6, 6.07) is 8.98. The van der Waals surface area contributed by atoms with Crippen molar-refractivity contribution >= 4 is 33.3 Å². The second kappa shape index (κ2) is 7.67. The van der Waals surface area contributed by atoms with Crippen LogP contribution >= 0.6 is 23.1 Å². The number of hydrogen-bond acceptors (Lipinski definition) is 5. The van der Waals surface area contributed by atoms with Crippen molar-refractivity contribution in [3.63, 3.8) is 0 Å². The van der Waals surface area contributed by atoms with E-state index < -0.39 is 0 Å². The van der Waals surface area contributed by atoms with Gasteiger partial charge in [0, 0.05) is 16.2 Å². The van der Waals surface area contributed by atoms with Gasteiger partial charge in [-0.25, -0.2) is 9.97 Å². The topological polar surface area (TPSA) is 29.0 Å². The van der Waals surface area contributed by atoms with Gasteiger partial charge in [0.1, 0.15) is 16.2 Å². The number of aromatic nitrogens is 2. The van der Waals surface area contributed by atoms with Crippen LogP contribution < -0.4 is 0 Å². The summed E-state index contributed by atoms with van der Waals surface area (Å²) in [7, 11) is 2.21. The highest BCUT2D eigenvalue weighted by Gasteiger charge is 2.21. The lowest BCUT2D eigenvalue weighted by Gasteiger charge is -2.28. The van der Waals surface area contributed by atoms with Gasteiger partial charge in [0.05, 0.1) is 5.39 Å². The highest BCUT2D eigenvalue weighted by Crippen LogP contribution is 2.40. The zero-order valence-corrected chi connectivity index (χ0v) is 17.2. The Balaban J connectivity index is 1.68. The van der Waals surface area contributed by atoms with Crippen LogP contribution in [0, 0.1) is 0 Å². The molecule has 1 fully saturated rings. The Hall–Kier alpha value is -1.43. The summed E-state index contributed by atoms with van der Waals surface area (Å²) in [6.07, 6.45) is 4.19. The number of benzene rings is 1. The van der Waals surface area contributed by atoms with Gasteiger partial charge in [0.15, 0.2) is 0 Å². The molecule has 26 heavy (non-hydrogen) atoms. The van der Waals surface area contributed by atoms with E-state index in [4.69, 9.17) is 0 Å². The molecule has 1 saturated heterocycles. The summed E-state index contributed by atoms with van der Waals surface area (Å²) in [5.74, 6) is 0.558. The first-order valence-electron chi connectivity index (χ1n) is 9.29. The molecule has 3 heterocycles. The number of piperidine rings is 1. The zero-order valence-electron chi connectivity index (χ0n) is 15.6. The van der Waals surface area contributed by atoms with Crippen LogP contribution in [0.1, 0.15) is 38.2 Å². The molecule has 0 unspecified atom stereocenters. The monoisotopic (exact) mass is 383 g/mol. The maximum Gasteiger partial charge on any atom is 0.128 e. The number of thioether (sulfide) groups is 1. The van der Waals surface area contributed by atoms with Crippen molar-refractivity contribution in [2.24, 2.45) is 0 Å². The second-order valence-electron chi connectivity index (χ2n) is 7.41. The van der Waals surface area contributed by atoms with Gasteiger partial charge in [-0.3, -0.25) is 0 Å². The minimum atomic E-state index is 0.558. The number of hydrogen-bond donors (Lipinski definition) is 0. The van der Waals surface area contributed by atoms with Crippen LogP contribution in [0.5, 0.6) is 0 Å². The predicted molar refractivity (Wildman–Crippen MR) is 113 cm³/mol. The molecule has 4 rings (SSSR count). The first-order valence-corrected chi connectivity index (χ1v) is 11.1. The smallest absolute Gasteiger partial charge is 0.128 e. The van der Waals surface area contributed by atoms with Crippen LogP contribution in [-0.4, -0.2) is 40.3 Å². The lowest BCUT2D eigenvalue weighted by Crippen LogP contribution is -2.31. The molecular formula is C21H25N3S2. The Morgan fingerprint density at radius 2 is 1.85 bits per heavy atom. The SMILES string of the molecule is CC(C)c1ccc(-c2csc3ncnc(SC4CCN(C)CC4)c23)cc1. The number of fused-ring (bicyclic) bond motifs is 1. The summed E-state index contributed by atoms with van der Waals surface area (Å²) in [5.41, 5.74) is 3.92. The van der Waals surface area contributed by atoms with Crippen LogP contribution in [0.25, 0.3) is 21.3 Å². The summed E-state index contributed by atoms with van der Waals surface area (Å²) in [4.78, 5) is 12.7. The van der Waals surface area contributed by atoms with E-state index in [0.717, 1.165) is 9.86 Å². The quantitative estimate of drug-likeness (QED) is 0.543. The number of thiophene rings is 1. The Bertz CT molecular complexity index is 878. The molecule has 0 amide bonds. The molecular weight excluding hydrogens is 358 g/mol. The van der Waals surface area contributed by atoms with Gasteiger partial charge in [-0.1, -0.05) is 38.1 Å². The Morgan fingerprint density at radius 3 is 2.54 bits per heavy atom. The van der Waals surface area contributed by atoms with Crippen molar-refractivity contribution in [2.75, 3.05) is 20.1 Å². The molecule has 0 aliphatic carbocycles. The zero-order chi connectivity index (χ0) is 18.1. The Labute approximate surface area is 163 Å². The van der Waals surface area contributed by atoms with Gasteiger partial charge in [-0.15, -0.1) is 23.1 Å². The van der Waals surface area contributed by atoms with E-state index in [1.54, 1.807) is 17.7 Å². The third-order valence-electron chi connectivity index (χ3n) is 5.17. The van der Waals surface area contributed by atoms with E-state index in [1.165, 1.54) is 48.0 Å². The summed E-state index contributed by atoms with van der Waals surface area (Å²) >= 11 is 3.67.